The fraction of sp³-hybridized carbons (Fsp3) is 0.552. The van der Waals surface area contributed by atoms with Crippen LogP contribution in [0, 0.1) is 13.8 Å². The molecule has 0 N–H and O–H groups in total. The van der Waals surface area contributed by atoms with Gasteiger partial charge in [-0.15, -0.1) is 0 Å². The van der Waals surface area contributed by atoms with Gasteiger partial charge in [-0.05, 0) is 49.9 Å². The molecule has 1 unspecified atom stereocenters. The summed E-state index contributed by atoms with van der Waals surface area (Å²) in [7, 11) is 1.08. The normalized spacial score (nSPS) is 18.5. The van der Waals surface area contributed by atoms with E-state index in [4.69, 9.17) is 18.9 Å². The number of hydrogen-bond donors (Lipinski definition) is 0. The van der Waals surface area contributed by atoms with Crippen molar-refractivity contribution in [3.05, 3.63) is 41.5 Å². The highest BCUT2D eigenvalue weighted by Crippen LogP contribution is 2.32. The van der Waals surface area contributed by atoms with Crippen molar-refractivity contribution in [2.75, 3.05) is 72.2 Å². The average molecular weight is 576 g/mol. The van der Waals surface area contributed by atoms with Crippen LogP contribution in [-0.2, 0) is 19.6 Å². The average Bonchev–Trinajstić information content (AvgIpc) is 2.96. The molecule has 11 heteroatoms. The van der Waals surface area contributed by atoms with Gasteiger partial charge in [0.2, 0.25) is 15.9 Å². The number of methoxy groups -OCH3 is 3. The lowest BCUT2D eigenvalue weighted by Crippen LogP contribution is -2.50. The number of amides is 1. The molecular weight excluding hydrogens is 534 g/mol. The summed E-state index contributed by atoms with van der Waals surface area (Å²) in [5, 5.41) is 0. The number of carbonyl (C=O) groups is 1. The van der Waals surface area contributed by atoms with Crippen LogP contribution in [0.1, 0.15) is 30.4 Å². The third kappa shape index (κ3) is 6.64. The van der Waals surface area contributed by atoms with Gasteiger partial charge in [-0.2, -0.15) is 4.31 Å². The molecule has 40 heavy (non-hydrogen) atoms. The SMILES string of the molecule is COc1cc(OC)cc(N2CCN(C(=O)COCC3CCCCN3S(=O)(=O)c3c(C)cc(OC)cc3C)CC2)c1. The Morgan fingerprint density at radius 2 is 1.40 bits per heavy atom. The van der Waals surface area contributed by atoms with Crippen LogP contribution in [0.3, 0.4) is 0 Å². The minimum atomic E-state index is -3.73. The van der Waals surface area contributed by atoms with Crippen LogP contribution in [0.25, 0.3) is 0 Å². The Hall–Kier alpha value is -3.02. The maximum atomic E-state index is 13.7. The standard InChI is InChI=1S/C29H41N3O7S/c1-21-14-25(36-3)15-22(2)29(21)40(34,35)32-9-7-6-8-23(32)19-39-20-28(33)31-12-10-30(11-13-31)24-16-26(37-4)18-27(17-24)38-5/h14-18,23H,6-13,19-20H2,1-5H3. The summed E-state index contributed by atoms with van der Waals surface area (Å²) in [6, 6.07) is 8.94. The van der Waals surface area contributed by atoms with Gasteiger partial charge in [0.15, 0.2) is 0 Å². The monoisotopic (exact) mass is 575 g/mol. The van der Waals surface area contributed by atoms with E-state index in [-0.39, 0.29) is 25.2 Å². The lowest BCUT2D eigenvalue weighted by molar-refractivity contribution is -0.137. The first-order valence-electron chi connectivity index (χ1n) is 13.7. The molecule has 2 aromatic rings. The van der Waals surface area contributed by atoms with E-state index in [2.05, 4.69) is 4.90 Å². The highest BCUT2D eigenvalue weighted by atomic mass is 32.2. The fourth-order valence-electron chi connectivity index (χ4n) is 5.57. The number of ether oxygens (including phenoxy) is 4. The van der Waals surface area contributed by atoms with Gasteiger partial charge in [-0.3, -0.25) is 4.79 Å². The third-order valence-electron chi connectivity index (χ3n) is 7.68. The fourth-order valence-corrected chi connectivity index (χ4v) is 7.67. The summed E-state index contributed by atoms with van der Waals surface area (Å²) >= 11 is 0. The van der Waals surface area contributed by atoms with E-state index in [9.17, 15) is 13.2 Å². The lowest BCUT2D eigenvalue weighted by Gasteiger charge is -2.37. The van der Waals surface area contributed by atoms with E-state index in [1.807, 2.05) is 18.2 Å². The Morgan fingerprint density at radius 3 is 1.98 bits per heavy atom. The zero-order valence-electron chi connectivity index (χ0n) is 24.1. The second-order valence-electron chi connectivity index (χ2n) is 10.3. The largest absolute Gasteiger partial charge is 0.497 e. The number of carbonyl (C=O) groups excluding carboxylic acids is 1. The van der Waals surface area contributed by atoms with Crippen LogP contribution in [-0.4, -0.2) is 96.8 Å². The number of hydrogen-bond acceptors (Lipinski definition) is 8. The molecule has 1 amide bonds. The van der Waals surface area contributed by atoms with Crippen molar-refractivity contribution in [1.29, 1.82) is 0 Å². The predicted octanol–water partition coefficient (Wildman–Crippen LogP) is 3.24. The second-order valence-corrected chi connectivity index (χ2v) is 12.1. The zero-order valence-corrected chi connectivity index (χ0v) is 25.0. The van der Waals surface area contributed by atoms with Gasteiger partial charge in [0.1, 0.15) is 23.9 Å². The van der Waals surface area contributed by atoms with E-state index >= 15 is 0 Å². The molecule has 2 aliphatic rings. The number of piperidine rings is 1. The maximum Gasteiger partial charge on any atom is 0.248 e. The summed E-state index contributed by atoms with van der Waals surface area (Å²) in [4.78, 5) is 17.3. The summed E-state index contributed by atoms with van der Waals surface area (Å²) in [5.41, 5.74) is 2.30. The van der Waals surface area contributed by atoms with Gasteiger partial charge >= 0.3 is 0 Å². The van der Waals surface area contributed by atoms with E-state index in [1.165, 1.54) is 0 Å². The molecule has 1 atom stereocenters. The van der Waals surface area contributed by atoms with E-state index in [0.717, 1.165) is 30.0 Å². The topological polar surface area (TPSA) is 97.9 Å². The Kier molecular flexibility index (Phi) is 9.81. The van der Waals surface area contributed by atoms with Crippen molar-refractivity contribution in [3.8, 4) is 17.2 Å². The van der Waals surface area contributed by atoms with Crippen molar-refractivity contribution in [2.24, 2.45) is 0 Å². The molecule has 10 nitrogen and oxygen atoms in total. The number of aryl methyl sites for hydroxylation is 2. The minimum absolute atomic E-state index is 0.0715. The summed E-state index contributed by atoms with van der Waals surface area (Å²) < 4.78 is 51.0. The Bertz CT molecular complexity index is 1250. The lowest BCUT2D eigenvalue weighted by atomic mass is 10.1. The van der Waals surface area contributed by atoms with Crippen molar-refractivity contribution in [3.63, 3.8) is 0 Å². The zero-order chi connectivity index (χ0) is 28.9. The van der Waals surface area contributed by atoms with Crippen molar-refractivity contribution >= 4 is 21.6 Å². The Morgan fingerprint density at radius 1 is 0.825 bits per heavy atom. The smallest absolute Gasteiger partial charge is 0.248 e. The van der Waals surface area contributed by atoms with Gasteiger partial charge in [0.05, 0.1) is 32.8 Å². The number of nitrogens with zero attached hydrogens (tertiary/aromatic N) is 3. The molecule has 0 radical (unpaired) electrons. The van der Waals surface area contributed by atoms with Crippen molar-refractivity contribution in [1.82, 2.24) is 9.21 Å². The van der Waals surface area contributed by atoms with Crippen LogP contribution < -0.4 is 19.1 Å². The molecule has 0 aromatic heterocycles. The molecule has 0 spiro atoms. The number of piperazine rings is 1. The molecule has 0 bridgehead atoms. The highest BCUT2D eigenvalue weighted by Gasteiger charge is 2.36. The third-order valence-corrected chi connectivity index (χ3v) is 9.94. The maximum absolute atomic E-state index is 13.7. The summed E-state index contributed by atoms with van der Waals surface area (Å²) in [6.45, 7) is 6.63. The van der Waals surface area contributed by atoms with Crippen molar-refractivity contribution < 1.29 is 32.2 Å². The molecule has 220 valence electrons. The highest BCUT2D eigenvalue weighted by molar-refractivity contribution is 7.89. The summed E-state index contributed by atoms with van der Waals surface area (Å²) in [5.74, 6) is 1.99. The Labute approximate surface area is 237 Å². The number of sulfonamides is 1. The molecule has 2 aliphatic heterocycles. The molecular formula is C29H41N3O7S. The van der Waals surface area contributed by atoms with Gasteiger partial charge in [0, 0.05) is 62.7 Å². The van der Waals surface area contributed by atoms with Crippen LogP contribution in [0.5, 0.6) is 17.2 Å². The first-order chi connectivity index (χ1) is 19.2. The summed E-state index contributed by atoms with van der Waals surface area (Å²) in [6.07, 6.45) is 2.42. The number of benzene rings is 2. The molecule has 0 aliphatic carbocycles. The van der Waals surface area contributed by atoms with E-state index in [0.29, 0.717) is 60.9 Å². The van der Waals surface area contributed by atoms with Crippen LogP contribution in [0.4, 0.5) is 5.69 Å². The molecule has 2 aromatic carbocycles. The minimum Gasteiger partial charge on any atom is -0.497 e. The van der Waals surface area contributed by atoms with Crippen LogP contribution in [0.2, 0.25) is 0 Å². The van der Waals surface area contributed by atoms with Gasteiger partial charge < -0.3 is 28.7 Å². The van der Waals surface area contributed by atoms with Crippen molar-refractivity contribution in [2.45, 2.75) is 44.0 Å². The molecule has 0 saturated carbocycles. The van der Waals surface area contributed by atoms with Gasteiger partial charge in [-0.1, -0.05) is 6.42 Å². The second kappa shape index (κ2) is 13.1. The van der Waals surface area contributed by atoms with E-state index in [1.54, 1.807) is 56.5 Å². The van der Waals surface area contributed by atoms with Gasteiger partial charge in [-0.25, -0.2) is 8.42 Å². The first kappa shape index (κ1) is 30.0. The quantitative estimate of drug-likeness (QED) is 0.426. The predicted molar refractivity (Wildman–Crippen MR) is 153 cm³/mol. The Balaban J connectivity index is 1.33. The number of anilines is 1. The van der Waals surface area contributed by atoms with Crippen LogP contribution >= 0.6 is 0 Å². The van der Waals surface area contributed by atoms with Gasteiger partial charge in [0.25, 0.3) is 0 Å². The van der Waals surface area contributed by atoms with E-state index < -0.39 is 10.0 Å². The molecule has 4 rings (SSSR count). The first-order valence-corrected chi connectivity index (χ1v) is 15.1. The number of rotatable bonds is 10. The van der Waals surface area contributed by atoms with Crippen LogP contribution in [0.15, 0.2) is 35.2 Å². The molecule has 2 fully saturated rings. The molecule has 2 heterocycles. The molecule has 2 saturated heterocycles.